The Balaban J connectivity index is 1.57. The molecule has 1 aliphatic heterocycles. The maximum atomic E-state index is 13.1. The highest BCUT2D eigenvalue weighted by atomic mass is 35.5. The number of carbonyl (C=O) groups is 2. The van der Waals surface area contributed by atoms with Gasteiger partial charge in [-0.2, -0.15) is 5.10 Å². The molecule has 1 aliphatic rings. The maximum absolute atomic E-state index is 13.1. The molecule has 32 heavy (non-hydrogen) atoms. The van der Waals surface area contributed by atoms with Crippen molar-refractivity contribution in [2.45, 2.75) is 19.4 Å². The van der Waals surface area contributed by atoms with Crippen LogP contribution in [0, 0.1) is 0 Å². The third kappa shape index (κ3) is 4.53. The molecule has 1 atom stereocenters. The van der Waals surface area contributed by atoms with E-state index in [2.05, 4.69) is 5.10 Å². The van der Waals surface area contributed by atoms with Crippen LogP contribution < -0.4 is 9.47 Å². The van der Waals surface area contributed by atoms with Gasteiger partial charge in [0, 0.05) is 17.5 Å². The summed E-state index contributed by atoms with van der Waals surface area (Å²) in [6.45, 7) is 1.13. The van der Waals surface area contributed by atoms with Crippen molar-refractivity contribution in [3.05, 3.63) is 82.8 Å². The van der Waals surface area contributed by atoms with Crippen molar-refractivity contribution in [2.24, 2.45) is 5.10 Å². The molecule has 0 saturated heterocycles. The van der Waals surface area contributed by atoms with Gasteiger partial charge < -0.3 is 13.9 Å². The van der Waals surface area contributed by atoms with Crippen molar-refractivity contribution in [3.63, 3.8) is 0 Å². The lowest BCUT2D eigenvalue weighted by Gasteiger charge is -2.20. The lowest BCUT2D eigenvalue weighted by molar-refractivity contribution is -0.135. The zero-order chi connectivity index (χ0) is 22.7. The number of ketones is 1. The van der Waals surface area contributed by atoms with E-state index in [9.17, 15) is 9.59 Å². The largest absolute Gasteiger partial charge is 0.497 e. The van der Waals surface area contributed by atoms with E-state index in [1.165, 1.54) is 19.0 Å². The zero-order valence-corrected chi connectivity index (χ0v) is 18.3. The van der Waals surface area contributed by atoms with Gasteiger partial charge in [0.2, 0.25) is 0 Å². The number of hydrazone groups is 1. The summed E-state index contributed by atoms with van der Waals surface area (Å²) in [6.07, 6.45) is 2.04. The van der Waals surface area contributed by atoms with E-state index >= 15 is 0 Å². The van der Waals surface area contributed by atoms with Crippen LogP contribution in [-0.2, 0) is 4.79 Å². The summed E-state index contributed by atoms with van der Waals surface area (Å²) in [7, 11) is 1.52. The second-order valence-corrected chi connectivity index (χ2v) is 7.67. The van der Waals surface area contributed by atoms with E-state index in [-0.39, 0.29) is 24.0 Å². The predicted molar refractivity (Wildman–Crippen MR) is 119 cm³/mol. The number of ether oxygens (including phenoxy) is 2. The molecular weight excluding hydrogens is 432 g/mol. The summed E-state index contributed by atoms with van der Waals surface area (Å²) >= 11 is 5.99. The minimum Gasteiger partial charge on any atom is -0.497 e. The first-order valence-corrected chi connectivity index (χ1v) is 10.3. The van der Waals surface area contributed by atoms with Crippen molar-refractivity contribution in [3.8, 4) is 11.5 Å². The standard InChI is InChI=1S/C24H21ClN2O5/c1-15(28)19-10-9-18(30-2)12-23(19)32-14-24(29)27-21(22-4-3-11-31-22)13-20(26-27)16-5-7-17(25)8-6-16/h3-12,21H,13-14H2,1-2H3. The average Bonchev–Trinajstić information content (AvgIpc) is 3.47. The van der Waals surface area contributed by atoms with Gasteiger partial charge in [-0.05, 0) is 48.9 Å². The van der Waals surface area contributed by atoms with Crippen LogP contribution in [-0.4, -0.2) is 36.1 Å². The maximum Gasteiger partial charge on any atom is 0.281 e. The molecule has 3 aromatic rings. The van der Waals surface area contributed by atoms with E-state index in [1.54, 1.807) is 42.7 Å². The molecule has 7 nitrogen and oxygen atoms in total. The molecule has 0 spiro atoms. The van der Waals surface area contributed by atoms with Gasteiger partial charge in [0.15, 0.2) is 12.4 Å². The van der Waals surface area contributed by atoms with Crippen molar-refractivity contribution < 1.29 is 23.5 Å². The highest BCUT2D eigenvalue weighted by Crippen LogP contribution is 2.33. The lowest BCUT2D eigenvalue weighted by atomic mass is 10.0. The minimum absolute atomic E-state index is 0.173. The molecule has 0 aliphatic carbocycles. The number of rotatable bonds is 7. The van der Waals surface area contributed by atoms with Crippen LogP contribution >= 0.6 is 11.6 Å². The second kappa shape index (κ2) is 9.28. The van der Waals surface area contributed by atoms with Crippen LogP contribution in [0.15, 0.2) is 70.4 Å². The highest BCUT2D eigenvalue weighted by molar-refractivity contribution is 6.30. The van der Waals surface area contributed by atoms with Crippen LogP contribution in [0.3, 0.4) is 0 Å². The van der Waals surface area contributed by atoms with E-state index < -0.39 is 6.04 Å². The van der Waals surface area contributed by atoms with Gasteiger partial charge in [-0.25, -0.2) is 5.01 Å². The van der Waals surface area contributed by atoms with E-state index in [4.69, 9.17) is 25.5 Å². The molecule has 0 N–H and O–H groups in total. The number of carbonyl (C=O) groups excluding carboxylic acids is 2. The normalized spacial score (nSPS) is 15.4. The van der Waals surface area contributed by atoms with Crippen LogP contribution in [0.1, 0.15) is 41.1 Å². The van der Waals surface area contributed by atoms with Gasteiger partial charge in [-0.3, -0.25) is 9.59 Å². The lowest BCUT2D eigenvalue weighted by Crippen LogP contribution is -2.31. The third-order valence-corrected chi connectivity index (χ3v) is 5.39. The predicted octanol–water partition coefficient (Wildman–Crippen LogP) is 4.90. The van der Waals surface area contributed by atoms with E-state index in [1.807, 2.05) is 18.2 Å². The van der Waals surface area contributed by atoms with E-state index in [0.29, 0.717) is 28.5 Å². The fourth-order valence-electron chi connectivity index (χ4n) is 3.51. The summed E-state index contributed by atoms with van der Waals surface area (Å²) in [5.74, 6) is 0.883. The minimum atomic E-state index is -0.399. The topological polar surface area (TPSA) is 81.3 Å². The molecule has 1 aromatic heterocycles. The monoisotopic (exact) mass is 452 g/mol. The molecule has 8 heteroatoms. The van der Waals surface area contributed by atoms with Crippen molar-refractivity contribution in [1.29, 1.82) is 0 Å². The number of methoxy groups -OCH3 is 1. The Morgan fingerprint density at radius 2 is 1.97 bits per heavy atom. The number of hydrogen-bond acceptors (Lipinski definition) is 6. The number of furan rings is 1. The number of amides is 1. The number of hydrogen-bond donors (Lipinski definition) is 0. The molecule has 0 fully saturated rings. The van der Waals surface area contributed by atoms with Gasteiger partial charge in [-0.1, -0.05) is 23.7 Å². The molecule has 0 bridgehead atoms. The van der Waals surface area contributed by atoms with Crippen LogP contribution in [0.2, 0.25) is 5.02 Å². The summed E-state index contributed by atoms with van der Waals surface area (Å²) < 4.78 is 16.5. The fraction of sp³-hybridized carbons (Fsp3) is 0.208. The van der Waals surface area contributed by atoms with Crippen molar-refractivity contribution in [1.82, 2.24) is 5.01 Å². The highest BCUT2D eigenvalue weighted by Gasteiger charge is 2.35. The number of halogens is 1. The molecule has 1 unspecified atom stereocenters. The summed E-state index contributed by atoms with van der Waals surface area (Å²) in [5, 5.41) is 6.55. The number of benzene rings is 2. The Hall–Kier alpha value is -3.58. The van der Waals surface area contributed by atoms with Gasteiger partial charge in [0.25, 0.3) is 5.91 Å². The second-order valence-electron chi connectivity index (χ2n) is 7.23. The molecule has 2 aromatic carbocycles. The van der Waals surface area contributed by atoms with Crippen LogP contribution in [0.25, 0.3) is 0 Å². The number of Topliss-reactive ketones (excluding diaryl/α,β-unsaturated/α-hetero) is 1. The molecule has 0 radical (unpaired) electrons. The van der Waals surface area contributed by atoms with E-state index in [0.717, 1.165) is 11.3 Å². The average molecular weight is 453 g/mol. The smallest absolute Gasteiger partial charge is 0.281 e. The van der Waals surface area contributed by atoms with Crippen molar-refractivity contribution in [2.75, 3.05) is 13.7 Å². The quantitative estimate of drug-likeness (QED) is 0.476. The zero-order valence-electron chi connectivity index (χ0n) is 17.6. The molecule has 0 saturated carbocycles. The Morgan fingerprint density at radius 3 is 2.62 bits per heavy atom. The fourth-order valence-corrected chi connectivity index (χ4v) is 3.63. The molecule has 164 valence electrons. The first-order chi connectivity index (χ1) is 15.5. The molecule has 2 heterocycles. The van der Waals surface area contributed by atoms with Crippen LogP contribution in [0.5, 0.6) is 11.5 Å². The first-order valence-electron chi connectivity index (χ1n) is 9.97. The Labute approximate surface area is 190 Å². The van der Waals surface area contributed by atoms with Crippen molar-refractivity contribution >= 4 is 29.0 Å². The summed E-state index contributed by atoms with van der Waals surface area (Å²) in [6, 6.07) is 15.3. The van der Waals surface area contributed by atoms with Gasteiger partial charge >= 0.3 is 0 Å². The number of nitrogens with zero attached hydrogens (tertiary/aromatic N) is 2. The van der Waals surface area contributed by atoms with Gasteiger partial charge in [0.1, 0.15) is 23.3 Å². The summed E-state index contributed by atoms with van der Waals surface area (Å²) in [4.78, 5) is 25.0. The van der Waals surface area contributed by atoms with Gasteiger partial charge in [0.05, 0.1) is 24.6 Å². The molecule has 1 amide bonds. The summed E-state index contributed by atoms with van der Waals surface area (Å²) in [5.41, 5.74) is 1.98. The third-order valence-electron chi connectivity index (χ3n) is 5.13. The Kier molecular flexibility index (Phi) is 6.28. The Morgan fingerprint density at radius 1 is 1.19 bits per heavy atom. The van der Waals surface area contributed by atoms with Crippen LogP contribution in [0.4, 0.5) is 0 Å². The SMILES string of the molecule is COc1ccc(C(C)=O)c(OCC(=O)N2N=C(c3ccc(Cl)cc3)CC2c2ccco2)c1. The Bertz CT molecular complexity index is 1160. The first kappa shape index (κ1) is 21.6. The molecule has 4 rings (SSSR count). The van der Waals surface area contributed by atoms with Gasteiger partial charge in [-0.15, -0.1) is 0 Å². The molecular formula is C24H21ClN2O5.